The van der Waals surface area contributed by atoms with Gasteiger partial charge in [-0.2, -0.15) is 5.26 Å². The van der Waals surface area contributed by atoms with Crippen LogP contribution in [0.15, 0.2) is 29.8 Å². The van der Waals surface area contributed by atoms with Crippen LogP contribution in [0.4, 0.5) is 13.2 Å². The molecule has 7 heteroatoms. The van der Waals surface area contributed by atoms with Crippen molar-refractivity contribution in [3.8, 4) is 11.8 Å². The average molecular weight is 257 g/mol. The quantitative estimate of drug-likeness (QED) is 0.667. The molecule has 1 aromatic rings. The van der Waals surface area contributed by atoms with E-state index in [-0.39, 0.29) is 5.56 Å². The highest BCUT2D eigenvalue weighted by molar-refractivity contribution is 5.96. The molecule has 0 bridgehead atoms. The maximum absolute atomic E-state index is 11.9. The van der Waals surface area contributed by atoms with Gasteiger partial charge in [-0.05, 0) is 23.8 Å². The van der Waals surface area contributed by atoms with Crippen molar-refractivity contribution < 1.29 is 27.8 Å². The Morgan fingerprint density at radius 2 is 1.89 bits per heavy atom. The van der Waals surface area contributed by atoms with Gasteiger partial charge < -0.3 is 9.84 Å². The molecule has 18 heavy (non-hydrogen) atoms. The lowest BCUT2D eigenvalue weighted by Gasteiger charge is -2.08. The van der Waals surface area contributed by atoms with E-state index < -0.39 is 23.7 Å². The van der Waals surface area contributed by atoms with Crippen LogP contribution in [0.25, 0.3) is 6.08 Å². The molecule has 0 aliphatic rings. The van der Waals surface area contributed by atoms with Crippen molar-refractivity contribution in [3.63, 3.8) is 0 Å². The molecular formula is C11H6F3NO3. The van der Waals surface area contributed by atoms with E-state index in [1.165, 1.54) is 18.2 Å². The summed E-state index contributed by atoms with van der Waals surface area (Å²) in [6, 6.07) is 5.92. The molecule has 0 spiro atoms. The highest BCUT2D eigenvalue weighted by Gasteiger charge is 2.30. The Kier molecular flexibility index (Phi) is 3.94. The molecule has 1 N–H and O–H groups in total. The van der Waals surface area contributed by atoms with Crippen LogP contribution >= 0.6 is 0 Å². The smallest absolute Gasteiger partial charge is 0.477 e. The third kappa shape index (κ3) is 4.17. The van der Waals surface area contributed by atoms with Crippen molar-refractivity contribution in [1.82, 2.24) is 0 Å². The zero-order valence-electron chi connectivity index (χ0n) is 8.73. The lowest BCUT2D eigenvalue weighted by Crippen LogP contribution is -2.16. The van der Waals surface area contributed by atoms with Crippen molar-refractivity contribution in [2.24, 2.45) is 0 Å². The first-order chi connectivity index (χ1) is 8.31. The van der Waals surface area contributed by atoms with Crippen LogP contribution in [-0.2, 0) is 4.79 Å². The second-order valence-corrected chi connectivity index (χ2v) is 3.09. The number of nitriles is 1. The van der Waals surface area contributed by atoms with Gasteiger partial charge in [-0.3, -0.25) is 0 Å². The fraction of sp³-hybridized carbons (Fsp3) is 0.0909. The van der Waals surface area contributed by atoms with Gasteiger partial charge in [-0.25, -0.2) is 4.79 Å². The highest BCUT2D eigenvalue weighted by atomic mass is 19.4. The van der Waals surface area contributed by atoms with E-state index in [0.717, 1.165) is 18.2 Å². The summed E-state index contributed by atoms with van der Waals surface area (Å²) in [5, 5.41) is 17.1. The van der Waals surface area contributed by atoms with Gasteiger partial charge in [-0.15, -0.1) is 13.2 Å². The van der Waals surface area contributed by atoms with E-state index in [4.69, 9.17) is 10.4 Å². The Labute approximate surface area is 99.5 Å². The molecular weight excluding hydrogens is 251 g/mol. The molecule has 0 unspecified atom stereocenters. The summed E-state index contributed by atoms with van der Waals surface area (Å²) in [7, 11) is 0. The summed E-state index contributed by atoms with van der Waals surface area (Å²) in [6.07, 6.45) is -3.74. The first kappa shape index (κ1) is 13.6. The molecule has 0 amide bonds. The molecule has 4 nitrogen and oxygen atoms in total. The van der Waals surface area contributed by atoms with Gasteiger partial charge in [0.25, 0.3) is 0 Å². The third-order valence-electron chi connectivity index (χ3n) is 1.78. The van der Waals surface area contributed by atoms with Gasteiger partial charge in [0.15, 0.2) is 0 Å². The van der Waals surface area contributed by atoms with Gasteiger partial charge in [0, 0.05) is 0 Å². The Balaban J connectivity index is 2.91. The molecule has 1 rings (SSSR count). The number of hydrogen-bond donors (Lipinski definition) is 1. The van der Waals surface area contributed by atoms with E-state index in [1.807, 2.05) is 0 Å². The van der Waals surface area contributed by atoms with E-state index >= 15 is 0 Å². The zero-order chi connectivity index (χ0) is 13.8. The van der Waals surface area contributed by atoms with Crippen molar-refractivity contribution >= 4 is 12.0 Å². The van der Waals surface area contributed by atoms with Crippen LogP contribution in [0, 0.1) is 11.3 Å². The van der Waals surface area contributed by atoms with Crippen molar-refractivity contribution in [2.45, 2.75) is 6.36 Å². The number of carbonyl (C=O) groups is 1. The molecule has 0 aliphatic heterocycles. The summed E-state index contributed by atoms with van der Waals surface area (Å²) in [5.74, 6) is -1.83. The van der Waals surface area contributed by atoms with Crippen LogP contribution in [0.5, 0.6) is 5.75 Å². The first-order valence-corrected chi connectivity index (χ1v) is 4.53. The van der Waals surface area contributed by atoms with E-state index in [2.05, 4.69) is 4.74 Å². The predicted octanol–water partition coefficient (Wildman–Crippen LogP) is 2.58. The molecule has 0 heterocycles. The number of hydrogen-bond acceptors (Lipinski definition) is 3. The molecule has 0 saturated heterocycles. The minimum Gasteiger partial charge on any atom is -0.477 e. The van der Waals surface area contributed by atoms with Crippen LogP contribution in [0.3, 0.4) is 0 Å². The van der Waals surface area contributed by atoms with Gasteiger partial charge >= 0.3 is 12.3 Å². The predicted molar refractivity (Wildman–Crippen MR) is 54.4 cm³/mol. The molecule has 1 aromatic carbocycles. The number of carboxylic acid groups (broad SMARTS) is 1. The zero-order valence-corrected chi connectivity index (χ0v) is 8.73. The number of nitrogens with zero attached hydrogens (tertiary/aromatic N) is 1. The number of aliphatic carboxylic acids is 1. The first-order valence-electron chi connectivity index (χ1n) is 4.53. The number of alkyl halides is 3. The normalized spacial score (nSPS) is 11.8. The van der Waals surface area contributed by atoms with E-state index in [9.17, 15) is 18.0 Å². The van der Waals surface area contributed by atoms with Gasteiger partial charge in [0.1, 0.15) is 17.4 Å². The second-order valence-electron chi connectivity index (χ2n) is 3.09. The van der Waals surface area contributed by atoms with Gasteiger partial charge in [-0.1, -0.05) is 12.1 Å². The minimum absolute atomic E-state index is 0.281. The average Bonchev–Trinajstić information content (AvgIpc) is 2.25. The Morgan fingerprint density at radius 1 is 1.33 bits per heavy atom. The SMILES string of the molecule is N#C/C(=C\c1ccc(OC(F)(F)F)cc1)C(=O)O. The summed E-state index contributed by atoms with van der Waals surface area (Å²) >= 11 is 0. The fourth-order valence-corrected chi connectivity index (χ4v) is 1.07. The topological polar surface area (TPSA) is 70.3 Å². The number of benzene rings is 1. The van der Waals surface area contributed by atoms with Crippen molar-refractivity contribution in [1.29, 1.82) is 5.26 Å². The van der Waals surface area contributed by atoms with Crippen molar-refractivity contribution in [2.75, 3.05) is 0 Å². The molecule has 0 aromatic heterocycles. The maximum Gasteiger partial charge on any atom is 0.573 e. The van der Waals surface area contributed by atoms with Crippen LogP contribution in [-0.4, -0.2) is 17.4 Å². The number of halogens is 3. The number of rotatable bonds is 3. The van der Waals surface area contributed by atoms with Crippen molar-refractivity contribution in [3.05, 3.63) is 35.4 Å². The third-order valence-corrected chi connectivity index (χ3v) is 1.78. The summed E-state index contributed by atoms with van der Waals surface area (Å²) in [5.41, 5.74) is -0.233. The largest absolute Gasteiger partial charge is 0.573 e. The standard InChI is InChI=1S/C11H6F3NO3/c12-11(13,14)18-9-3-1-7(2-4-9)5-8(6-15)10(16)17/h1-5H,(H,16,17)/b8-5+. The Morgan fingerprint density at radius 3 is 2.28 bits per heavy atom. The molecule has 0 fully saturated rings. The lowest BCUT2D eigenvalue weighted by molar-refractivity contribution is -0.274. The summed E-state index contributed by atoms with van der Waals surface area (Å²) in [4.78, 5) is 10.5. The monoisotopic (exact) mass is 257 g/mol. The summed E-state index contributed by atoms with van der Waals surface area (Å²) in [6.45, 7) is 0. The Hall–Kier alpha value is -2.49. The molecule has 0 aliphatic carbocycles. The highest BCUT2D eigenvalue weighted by Crippen LogP contribution is 2.23. The van der Waals surface area contributed by atoms with Gasteiger partial charge in [0.05, 0.1) is 0 Å². The summed E-state index contributed by atoms with van der Waals surface area (Å²) < 4.78 is 39.2. The van der Waals surface area contributed by atoms with Crippen LogP contribution < -0.4 is 4.74 Å². The molecule has 0 saturated carbocycles. The second kappa shape index (κ2) is 5.23. The molecule has 0 atom stereocenters. The van der Waals surface area contributed by atoms with Crippen LogP contribution in [0.2, 0.25) is 0 Å². The molecule has 0 radical (unpaired) electrons. The fourth-order valence-electron chi connectivity index (χ4n) is 1.07. The van der Waals surface area contributed by atoms with Gasteiger partial charge in [0.2, 0.25) is 0 Å². The Bertz CT molecular complexity index is 512. The minimum atomic E-state index is -4.78. The number of carboxylic acids is 1. The molecule has 94 valence electrons. The van der Waals surface area contributed by atoms with E-state index in [0.29, 0.717) is 0 Å². The van der Waals surface area contributed by atoms with E-state index in [1.54, 1.807) is 0 Å². The lowest BCUT2D eigenvalue weighted by atomic mass is 10.1. The maximum atomic E-state index is 11.9. The van der Waals surface area contributed by atoms with Crippen LogP contribution in [0.1, 0.15) is 5.56 Å². The number of ether oxygens (including phenoxy) is 1.